The first kappa shape index (κ1) is 14.2. The summed E-state index contributed by atoms with van der Waals surface area (Å²) in [5, 5.41) is 10.0. The molecule has 19 heavy (non-hydrogen) atoms. The van der Waals surface area contributed by atoms with Crippen LogP contribution < -0.4 is 0 Å². The maximum atomic E-state index is 10.1. The third-order valence-corrected chi connectivity index (χ3v) is 4.76. The van der Waals surface area contributed by atoms with E-state index < -0.39 is 5.97 Å². The van der Waals surface area contributed by atoms with E-state index in [9.17, 15) is 4.79 Å². The average Bonchev–Trinajstić information content (AvgIpc) is 3.09. The van der Waals surface area contributed by atoms with Gasteiger partial charge in [-0.1, -0.05) is 24.3 Å². The highest BCUT2D eigenvalue weighted by molar-refractivity contribution is 7.99. The Morgan fingerprint density at radius 3 is 2.42 bits per heavy atom. The van der Waals surface area contributed by atoms with Gasteiger partial charge in [0, 0.05) is 10.6 Å². The van der Waals surface area contributed by atoms with Crippen molar-refractivity contribution >= 4 is 29.1 Å². The SMILES string of the molecule is O=C(O)c1cccs1.c1ccc(SCC2CC2)cc1. The zero-order valence-corrected chi connectivity index (χ0v) is 12.1. The van der Waals surface area contributed by atoms with Crippen molar-refractivity contribution in [1.29, 1.82) is 0 Å². The second-order valence-corrected chi connectivity index (χ2v) is 6.39. The highest BCUT2D eigenvalue weighted by atomic mass is 32.2. The van der Waals surface area contributed by atoms with Gasteiger partial charge in [-0.25, -0.2) is 4.79 Å². The van der Waals surface area contributed by atoms with Gasteiger partial charge in [-0.15, -0.1) is 23.1 Å². The van der Waals surface area contributed by atoms with Crippen molar-refractivity contribution in [2.24, 2.45) is 5.92 Å². The highest BCUT2D eigenvalue weighted by Crippen LogP contribution is 2.34. The Morgan fingerprint density at radius 2 is 1.95 bits per heavy atom. The summed E-state index contributed by atoms with van der Waals surface area (Å²) >= 11 is 3.22. The van der Waals surface area contributed by atoms with Crippen LogP contribution in [0.25, 0.3) is 0 Å². The molecule has 0 saturated heterocycles. The Kier molecular flexibility index (Phi) is 5.48. The first-order chi connectivity index (χ1) is 9.25. The van der Waals surface area contributed by atoms with Crippen LogP contribution in [0.3, 0.4) is 0 Å². The summed E-state index contributed by atoms with van der Waals surface area (Å²) in [5.74, 6) is 1.50. The van der Waals surface area contributed by atoms with Crippen LogP contribution in [0.2, 0.25) is 0 Å². The summed E-state index contributed by atoms with van der Waals surface area (Å²) in [5.41, 5.74) is 0. The van der Waals surface area contributed by atoms with Crippen molar-refractivity contribution in [3.05, 3.63) is 52.7 Å². The fourth-order valence-corrected chi connectivity index (χ4v) is 3.09. The van der Waals surface area contributed by atoms with Crippen LogP contribution in [0.4, 0.5) is 0 Å². The van der Waals surface area contributed by atoms with E-state index in [0.717, 1.165) is 5.92 Å². The second-order valence-electron chi connectivity index (χ2n) is 4.35. The van der Waals surface area contributed by atoms with E-state index in [-0.39, 0.29) is 0 Å². The number of carboxylic acids is 1. The molecule has 1 heterocycles. The largest absolute Gasteiger partial charge is 0.477 e. The second kappa shape index (κ2) is 7.36. The molecule has 1 aliphatic carbocycles. The Bertz CT molecular complexity index is 490. The van der Waals surface area contributed by atoms with Gasteiger partial charge in [-0.05, 0) is 42.3 Å². The fourth-order valence-electron chi connectivity index (χ4n) is 1.42. The van der Waals surface area contributed by atoms with Crippen LogP contribution >= 0.6 is 23.1 Å². The lowest BCUT2D eigenvalue weighted by Gasteiger charge is -1.97. The molecule has 0 radical (unpaired) electrons. The summed E-state index contributed by atoms with van der Waals surface area (Å²) in [6.45, 7) is 0. The van der Waals surface area contributed by atoms with Gasteiger partial charge in [0.1, 0.15) is 4.88 Å². The summed E-state index contributed by atoms with van der Waals surface area (Å²) in [6, 6.07) is 14.0. The van der Waals surface area contributed by atoms with E-state index in [0.29, 0.717) is 4.88 Å². The van der Waals surface area contributed by atoms with Crippen molar-refractivity contribution in [1.82, 2.24) is 0 Å². The van der Waals surface area contributed by atoms with Gasteiger partial charge in [-0.3, -0.25) is 0 Å². The molecule has 0 unspecified atom stereocenters. The van der Waals surface area contributed by atoms with Crippen LogP contribution in [-0.4, -0.2) is 16.8 Å². The average molecular weight is 292 g/mol. The van der Waals surface area contributed by atoms with E-state index in [1.54, 1.807) is 17.5 Å². The summed E-state index contributed by atoms with van der Waals surface area (Å²) in [7, 11) is 0. The molecule has 0 atom stereocenters. The third-order valence-electron chi connectivity index (χ3n) is 2.66. The van der Waals surface area contributed by atoms with Gasteiger partial charge in [-0.2, -0.15) is 0 Å². The van der Waals surface area contributed by atoms with Crippen LogP contribution in [-0.2, 0) is 0 Å². The standard InChI is InChI=1S/C10H12S.C5H4O2S/c1-2-4-10(5-3-1)11-8-9-6-7-9;6-5(7)4-2-1-3-8-4/h1-5,9H,6-8H2;1-3H,(H,6,7). The van der Waals surface area contributed by atoms with E-state index in [1.165, 1.54) is 34.8 Å². The summed E-state index contributed by atoms with van der Waals surface area (Å²) in [4.78, 5) is 11.9. The minimum absolute atomic E-state index is 0.394. The lowest BCUT2D eigenvalue weighted by Crippen LogP contribution is -1.89. The van der Waals surface area contributed by atoms with Crippen molar-refractivity contribution < 1.29 is 9.90 Å². The summed E-state index contributed by atoms with van der Waals surface area (Å²) < 4.78 is 0. The number of benzene rings is 1. The van der Waals surface area contributed by atoms with Gasteiger partial charge in [0.15, 0.2) is 0 Å². The Hall–Kier alpha value is -1.26. The molecule has 0 spiro atoms. The van der Waals surface area contributed by atoms with E-state index in [2.05, 4.69) is 30.3 Å². The van der Waals surface area contributed by atoms with E-state index >= 15 is 0 Å². The molecule has 100 valence electrons. The Morgan fingerprint density at radius 1 is 1.21 bits per heavy atom. The van der Waals surface area contributed by atoms with Gasteiger partial charge < -0.3 is 5.11 Å². The number of hydrogen-bond donors (Lipinski definition) is 1. The van der Waals surface area contributed by atoms with Crippen molar-refractivity contribution in [3.63, 3.8) is 0 Å². The van der Waals surface area contributed by atoms with Crippen molar-refractivity contribution in [3.8, 4) is 0 Å². The molecule has 0 amide bonds. The molecule has 1 saturated carbocycles. The van der Waals surface area contributed by atoms with Crippen LogP contribution in [0.1, 0.15) is 22.5 Å². The quantitative estimate of drug-likeness (QED) is 0.834. The molecule has 1 fully saturated rings. The molecular formula is C15H16O2S2. The number of carbonyl (C=O) groups is 1. The van der Waals surface area contributed by atoms with Crippen molar-refractivity contribution in [2.45, 2.75) is 17.7 Å². The number of thioether (sulfide) groups is 1. The zero-order chi connectivity index (χ0) is 13.5. The highest BCUT2D eigenvalue weighted by Gasteiger charge is 2.20. The topological polar surface area (TPSA) is 37.3 Å². The molecule has 0 aliphatic heterocycles. The first-order valence-electron chi connectivity index (χ1n) is 6.20. The minimum Gasteiger partial charge on any atom is -0.477 e. The number of carboxylic acid groups (broad SMARTS) is 1. The summed E-state index contributed by atoms with van der Waals surface area (Å²) in [6.07, 6.45) is 2.92. The normalized spacial score (nSPS) is 13.5. The molecule has 1 aromatic carbocycles. The lowest BCUT2D eigenvalue weighted by molar-refractivity contribution is 0.0702. The van der Waals surface area contributed by atoms with Gasteiger partial charge in [0.2, 0.25) is 0 Å². The van der Waals surface area contributed by atoms with Crippen LogP contribution in [0.5, 0.6) is 0 Å². The minimum atomic E-state index is -0.847. The number of aromatic carboxylic acids is 1. The Labute approximate surface area is 121 Å². The number of thiophene rings is 1. The van der Waals surface area contributed by atoms with Crippen LogP contribution in [0.15, 0.2) is 52.7 Å². The van der Waals surface area contributed by atoms with Gasteiger partial charge in [0.05, 0.1) is 0 Å². The van der Waals surface area contributed by atoms with Crippen molar-refractivity contribution in [2.75, 3.05) is 5.75 Å². The number of rotatable bonds is 4. The molecule has 0 bridgehead atoms. The van der Waals surface area contributed by atoms with Crippen LogP contribution in [0, 0.1) is 5.92 Å². The molecule has 4 heteroatoms. The molecule has 2 aromatic rings. The van der Waals surface area contributed by atoms with E-state index in [4.69, 9.17) is 5.11 Å². The predicted octanol–water partition coefficient (Wildman–Crippen LogP) is 4.64. The number of hydrogen-bond acceptors (Lipinski definition) is 3. The maximum Gasteiger partial charge on any atom is 0.345 e. The lowest BCUT2D eigenvalue weighted by atomic mass is 10.4. The molecular weight excluding hydrogens is 276 g/mol. The fraction of sp³-hybridized carbons (Fsp3) is 0.267. The maximum absolute atomic E-state index is 10.1. The molecule has 3 rings (SSSR count). The third kappa shape index (κ3) is 5.49. The predicted molar refractivity (Wildman–Crippen MR) is 81.2 cm³/mol. The Balaban J connectivity index is 0.000000148. The first-order valence-corrected chi connectivity index (χ1v) is 8.07. The smallest absolute Gasteiger partial charge is 0.345 e. The monoisotopic (exact) mass is 292 g/mol. The van der Waals surface area contributed by atoms with Gasteiger partial charge >= 0.3 is 5.97 Å². The molecule has 1 N–H and O–H groups in total. The zero-order valence-electron chi connectivity index (χ0n) is 10.5. The van der Waals surface area contributed by atoms with E-state index in [1.807, 2.05) is 11.8 Å². The van der Waals surface area contributed by atoms with Gasteiger partial charge in [0.25, 0.3) is 0 Å². The molecule has 1 aliphatic rings. The molecule has 1 aromatic heterocycles. The molecule has 2 nitrogen and oxygen atoms in total.